The topological polar surface area (TPSA) is 15.3 Å². The number of halogens is 1. The van der Waals surface area contributed by atoms with Gasteiger partial charge in [-0.25, -0.2) is 4.39 Å². The van der Waals surface area contributed by atoms with Crippen LogP contribution in [0.5, 0.6) is 0 Å². The minimum atomic E-state index is -0.110. The molecule has 0 aliphatic carbocycles. The molecule has 88 valence electrons. The Morgan fingerprint density at radius 2 is 2.00 bits per heavy atom. The second kappa shape index (κ2) is 4.83. The second-order valence-electron chi connectivity index (χ2n) is 4.66. The molecule has 1 saturated heterocycles. The number of hydrogen-bond donors (Lipinski definition) is 1. The third-order valence-corrected chi connectivity index (χ3v) is 3.27. The van der Waals surface area contributed by atoms with Crippen molar-refractivity contribution < 1.29 is 4.39 Å². The van der Waals surface area contributed by atoms with Gasteiger partial charge in [-0.3, -0.25) is 0 Å². The first-order valence-corrected chi connectivity index (χ1v) is 5.87. The summed E-state index contributed by atoms with van der Waals surface area (Å²) in [4.78, 5) is 2.31. The molecule has 0 saturated carbocycles. The summed E-state index contributed by atoms with van der Waals surface area (Å²) in [7, 11) is 2.13. The minimum Gasteiger partial charge on any atom is -0.380 e. The van der Waals surface area contributed by atoms with Crippen LogP contribution in [0.1, 0.15) is 18.4 Å². The Morgan fingerprint density at radius 3 is 2.69 bits per heavy atom. The highest BCUT2D eigenvalue weighted by Gasteiger charge is 2.17. The summed E-state index contributed by atoms with van der Waals surface area (Å²) in [6.45, 7) is 3.98. The van der Waals surface area contributed by atoms with Crippen LogP contribution in [-0.4, -0.2) is 31.1 Å². The number of benzene rings is 1. The van der Waals surface area contributed by atoms with Gasteiger partial charge in [0.15, 0.2) is 0 Å². The van der Waals surface area contributed by atoms with E-state index in [9.17, 15) is 4.39 Å². The highest BCUT2D eigenvalue weighted by Crippen LogP contribution is 2.20. The number of piperidine rings is 1. The molecular weight excluding hydrogens is 203 g/mol. The first-order valence-electron chi connectivity index (χ1n) is 5.87. The monoisotopic (exact) mass is 222 g/mol. The van der Waals surface area contributed by atoms with Gasteiger partial charge in [-0.05, 0) is 51.5 Å². The number of anilines is 1. The fourth-order valence-corrected chi connectivity index (χ4v) is 2.13. The van der Waals surface area contributed by atoms with Gasteiger partial charge in [0, 0.05) is 6.04 Å². The van der Waals surface area contributed by atoms with Crippen LogP contribution in [0.15, 0.2) is 18.2 Å². The van der Waals surface area contributed by atoms with E-state index in [0.717, 1.165) is 25.9 Å². The van der Waals surface area contributed by atoms with Gasteiger partial charge >= 0.3 is 0 Å². The molecule has 0 bridgehead atoms. The quantitative estimate of drug-likeness (QED) is 0.827. The molecule has 1 aliphatic heterocycles. The van der Waals surface area contributed by atoms with Crippen molar-refractivity contribution in [1.82, 2.24) is 4.90 Å². The lowest BCUT2D eigenvalue weighted by Gasteiger charge is -2.30. The molecule has 3 heteroatoms. The van der Waals surface area contributed by atoms with Crippen LogP contribution in [0, 0.1) is 12.7 Å². The molecule has 0 aromatic heterocycles. The number of nitrogens with zero attached hydrogens (tertiary/aromatic N) is 1. The van der Waals surface area contributed by atoms with Crippen LogP contribution in [0.4, 0.5) is 10.1 Å². The van der Waals surface area contributed by atoms with Crippen LogP contribution in [0.2, 0.25) is 0 Å². The zero-order valence-electron chi connectivity index (χ0n) is 9.96. The molecule has 0 amide bonds. The molecule has 1 fully saturated rings. The zero-order chi connectivity index (χ0) is 11.5. The summed E-state index contributed by atoms with van der Waals surface area (Å²) in [5.74, 6) is -0.110. The van der Waals surface area contributed by atoms with Gasteiger partial charge in [0.2, 0.25) is 0 Å². The Hall–Kier alpha value is -1.09. The van der Waals surface area contributed by atoms with E-state index in [-0.39, 0.29) is 5.82 Å². The molecule has 1 aromatic rings. The zero-order valence-corrected chi connectivity index (χ0v) is 9.96. The normalized spacial score (nSPS) is 18.7. The average Bonchev–Trinajstić information content (AvgIpc) is 2.28. The molecule has 2 nitrogen and oxygen atoms in total. The van der Waals surface area contributed by atoms with Gasteiger partial charge in [0.25, 0.3) is 0 Å². The van der Waals surface area contributed by atoms with E-state index >= 15 is 0 Å². The fraction of sp³-hybridized carbons (Fsp3) is 0.538. The van der Waals surface area contributed by atoms with Gasteiger partial charge in [-0.15, -0.1) is 0 Å². The summed E-state index contributed by atoms with van der Waals surface area (Å²) in [6.07, 6.45) is 2.17. The van der Waals surface area contributed by atoms with E-state index in [1.165, 1.54) is 0 Å². The summed E-state index contributed by atoms with van der Waals surface area (Å²) in [5.41, 5.74) is 1.35. The lowest BCUT2D eigenvalue weighted by molar-refractivity contribution is 0.263. The Morgan fingerprint density at radius 1 is 1.31 bits per heavy atom. The highest BCUT2D eigenvalue weighted by atomic mass is 19.1. The summed E-state index contributed by atoms with van der Waals surface area (Å²) >= 11 is 0. The number of aryl methyl sites for hydroxylation is 1. The van der Waals surface area contributed by atoms with Crippen molar-refractivity contribution in [2.45, 2.75) is 25.8 Å². The Bertz CT molecular complexity index is 357. The van der Waals surface area contributed by atoms with Crippen LogP contribution in [0.25, 0.3) is 0 Å². The summed E-state index contributed by atoms with van der Waals surface area (Å²) in [5, 5.41) is 3.31. The van der Waals surface area contributed by atoms with Gasteiger partial charge < -0.3 is 10.2 Å². The van der Waals surface area contributed by atoms with E-state index in [1.807, 2.05) is 12.1 Å². The third-order valence-electron chi connectivity index (χ3n) is 3.27. The predicted octanol–water partition coefficient (Wildman–Crippen LogP) is 2.64. The fourth-order valence-electron chi connectivity index (χ4n) is 2.13. The number of likely N-dealkylation sites (tertiary alicyclic amines) is 1. The van der Waals surface area contributed by atoms with E-state index in [1.54, 1.807) is 13.0 Å². The van der Waals surface area contributed by atoms with Gasteiger partial charge in [0.05, 0.1) is 5.69 Å². The highest BCUT2D eigenvalue weighted by molar-refractivity contribution is 5.48. The maximum atomic E-state index is 13.8. The van der Waals surface area contributed by atoms with Crippen molar-refractivity contribution in [2.75, 3.05) is 25.5 Å². The molecule has 0 radical (unpaired) electrons. The van der Waals surface area contributed by atoms with Crippen molar-refractivity contribution in [3.63, 3.8) is 0 Å². The molecule has 0 spiro atoms. The number of hydrogen-bond acceptors (Lipinski definition) is 2. The van der Waals surface area contributed by atoms with E-state index < -0.39 is 0 Å². The number of nitrogens with one attached hydrogen (secondary N) is 1. The molecular formula is C13H19FN2. The maximum absolute atomic E-state index is 13.8. The Kier molecular flexibility index (Phi) is 3.44. The molecule has 2 rings (SSSR count). The summed E-state index contributed by atoms with van der Waals surface area (Å²) in [6, 6.07) is 5.93. The van der Waals surface area contributed by atoms with E-state index in [4.69, 9.17) is 0 Å². The molecule has 1 N–H and O–H groups in total. The number of rotatable bonds is 2. The van der Waals surface area contributed by atoms with Crippen LogP contribution < -0.4 is 5.32 Å². The van der Waals surface area contributed by atoms with Gasteiger partial charge in [-0.2, -0.15) is 0 Å². The molecule has 0 unspecified atom stereocenters. The molecule has 1 aromatic carbocycles. The summed E-state index contributed by atoms with van der Waals surface area (Å²) < 4.78 is 13.8. The molecule has 1 aliphatic rings. The molecule has 1 heterocycles. The van der Waals surface area contributed by atoms with Gasteiger partial charge in [-0.1, -0.05) is 12.1 Å². The van der Waals surface area contributed by atoms with Crippen LogP contribution in [-0.2, 0) is 0 Å². The van der Waals surface area contributed by atoms with Crippen molar-refractivity contribution >= 4 is 5.69 Å². The third kappa shape index (κ3) is 2.53. The SMILES string of the molecule is Cc1cccc(NC2CCN(C)CC2)c1F. The lowest BCUT2D eigenvalue weighted by atomic mass is 10.0. The average molecular weight is 222 g/mol. The molecule has 16 heavy (non-hydrogen) atoms. The first kappa shape index (κ1) is 11.4. The second-order valence-corrected chi connectivity index (χ2v) is 4.66. The van der Waals surface area contributed by atoms with Crippen molar-refractivity contribution in [2.24, 2.45) is 0 Å². The van der Waals surface area contributed by atoms with Crippen LogP contribution in [0.3, 0.4) is 0 Å². The molecule has 0 atom stereocenters. The van der Waals surface area contributed by atoms with Crippen LogP contribution >= 0.6 is 0 Å². The van der Waals surface area contributed by atoms with Gasteiger partial charge in [0.1, 0.15) is 5.82 Å². The largest absolute Gasteiger partial charge is 0.380 e. The lowest BCUT2D eigenvalue weighted by Crippen LogP contribution is -2.36. The smallest absolute Gasteiger partial charge is 0.149 e. The minimum absolute atomic E-state index is 0.110. The van der Waals surface area contributed by atoms with Crippen molar-refractivity contribution in [3.8, 4) is 0 Å². The Balaban J connectivity index is 2.01. The van der Waals surface area contributed by atoms with E-state index in [0.29, 0.717) is 17.3 Å². The van der Waals surface area contributed by atoms with Crippen molar-refractivity contribution in [1.29, 1.82) is 0 Å². The maximum Gasteiger partial charge on any atom is 0.149 e. The predicted molar refractivity (Wildman–Crippen MR) is 65.3 cm³/mol. The standard InChI is InChI=1S/C13H19FN2/c1-10-4-3-5-12(13(10)14)15-11-6-8-16(2)9-7-11/h3-5,11,15H,6-9H2,1-2H3. The van der Waals surface area contributed by atoms with Crippen molar-refractivity contribution in [3.05, 3.63) is 29.6 Å². The van der Waals surface area contributed by atoms with E-state index in [2.05, 4.69) is 17.3 Å². The first-order chi connectivity index (χ1) is 7.66. The Labute approximate surface area is 96.5 Å².